The van der Waals surface area contributed by atoms with Crippen LogP contribution < -0.4 is 4.90 Å². The molecule has 1 aliphatic heterocycles. The van der Waals surface area contributed by atoms with Gasteiger partial charge in [0.1, 0.15) is 6.04 Å². The molecule has 23 heavy (non-hydrogen) atoms. The lowest BCUT2D eigenvalue weighted by Gasteiger charge is -2.40. The lowest BCUT2D eigenvalue weighted by atomic mass is 10.0. The summed E-state index contributed by atoms with van der Waals surface area (Å²) in [5.41, 5.74) is 3.28. The van der Waals surface area contributed by atoms with Crippen molar-refractivity contribution in [1.29, 1.82) is 0 Å². The van der Waals surface area contributed by atoms with E-state index in [1.807, 2.05) is 30.9 Å². The van der Waals surface area contributed by atoms with Gasteiger partial charge in [-0.25, -0.2) is 0 Å². The second kappa shape index (κ2) is 6.34. The van der Waals surface area contributed by atoms with Gasteiger partial charge < -0.3 is 9.80 Å². The Morgan fingerprint density at radius 1 is 1.13 bits per heavy atom. The van der Waals surface area contributed by atoms with Crippen molar-refractivity contribution in [3.63, 3.8) is 0 Å². The number of aryl methyl sites for hydroxylation is 2. The standard InChI is InChI=1S/C19H26N2O2/c1-13-8-9-17(14(2)12-13)21-11-10-20(15(3)18(21)22)19(23)16-6-4-5-7-16/h8-9,12,15-16H,4-7,10-11H2,1-3H3/t15-/m1/s1. The van der Waals surface area contributed by atoms with Crippen LogP contribution in [0.3, 0.4) is 0 Å². The highest BCUT2D eigenvalue weighted by molar-refractivity contribution is 6.00. The maximum absolute atomic E-state index is 12.8. The number of benzene rings is 1. The van der Waals surface area contributed by atoms with E-state index >= 15 is 0 Å². The van der Waals surface area contributed by atoms with Crippen LogP contribution in [0.1, 0.15) is 43.7 Å². The van der Waals surface area contributed by atoms with E-state index in [1.165, 1.54) is 5.56 Å². The molecule has 1 saturated carbocycles. The number of hydrogen-bond acceptors (Lipinski definition) is 2. The largest absolute Gasteiger partial charge is 0.329 e. The van der Waals surface area contributed by atoms with Crippen molar-refractivity contribution in [1.82, 2.24) is 4.90 Å². The molecule has 4 heteroatoms. The summed E-state index contributed by atoms with van der Waals surface area (Å²) in [5, 5.41) is 0. The first-order valence-corrected chi connectivity index (χ1v) is 8.68. The minimum atomic E-state index is -0.363. The molecule has 1 aliphatic carbocycles. The van der Waals surface area contributed by atoms with Gasteiger partial charge >= 0.3 is 0 Å². The van der Waals surface area contributed by atoms with Crippen molar-refractivity contribution in [2.24, 2.45) is 5.92 Å². The molecule has 0 spiro atoms. The van der Waals surface area contributed by atoms with Crippen LogP contribution in [0.25, 0.3) is 0 Å². The first-order chi connectivity index (χ1) is 11.0. The van der Waals surface area contributed by atoms with Crippen molar-refractivity contribution in [3.8, 4) is 0 Å². The van der Waals surface area contributed by atoms with Gasteiger partial charge in [-0.3, -0.25) is 9.59 Å². The van der Waals surface area contributed by atoms with Gasteiger partial charge in [-0.1, -0.05) is 30.5 Å². The molecule has 2 aliphatic rings. The molecule has 0 N–H and O–H groups in total. The average molecular weight is 314 g/mol. The summed E-state index contributed by atoms with van der Waals surface area (Å²) < 4.78 is 0. The Kier molecular flexibility index (Phi) is 4.42. The lowest BCUT2D eigenvalue weighted by molar-refractivity contribution is -0.143. The van der Waals surface area contributed by atoms with Gasteiger partial charge in [-0.05, 0) is 45.2 Å². The molecule has 0 radical (unpaired) electrons. The molecule has 0 aromatic heterocycles. The molecule has 0 unspecified atom stereocenters. The molecule has 1 aromatic carbocycles. The normalized spacial score (nSPS) is 22.7. The molecule has 1 saturated heterocycles. The average Bonchev–Trinajstić information content (AvgIpc) is 3.04. The maximum atomic E-state index is 12.8. The van der Waals surface area contributed by atoms with E-state index in [4.69, 9.17) is 0 Å². The molecule has 4 nitrogen and oxygen atoms in total. The monoisotopic (exact) mass is 314 g/mol. The fraction of sp³-hybridized carbons (Fsp3) is 0.579. The lowest BCUT2D eigenvalue weighted by Crippen LogP contribution is -2.58. The fourth-order valence-corrected chi connectivity index (χ4v) is 3.93. The Hall–Kier alpha value is -1.84. The molecule has 124 valence electrons. The SMILES string of the molecule is Cc1ccc(N2CCN(C(=O)C3CCCC3)[C@H](C)C2=O)c(C)c1. The maximum Gasteiger partial charge on any atom is 0.249 e. The molecule has 1 aromatic rings. The van der Waals surface area contributed by atoms with Crippen molar-refractivity contribution >= 4 is 17.5 Å². The number of carbonyl (C=O) groups excluding carboxylic acids is 2. The minimum Gasteiger partial charge on any atom is -0.329 e. The van der Waals surface area contributed by atoms with Crippen LogP contribution in [-0.2, 0) is 9.59 Å². The summed E-state index contributed by atoms with van der Waals surface area (Å²) in [6, 6.07) is 5.79. The summed E-state index contributed by atoms with van der Waals surface area (Å²) in [6.07, 6.45) is 4.25. The predicted octanol–water partition coefficient (Wildman–Crippen LogP) is 3.06. The highest BCUT2D eigenvalue weighted by atomic mass is 16.2. The number of rotatable bonds is 2. The van der Waals surface area contributed by atoms with Gasteiger partial charge in [0.05, 0.1) is 0 Å². The summed E-state index contributed by atoms with van der Waals surface area (Å²) in [4.78, 5) is 29.1. The zero-order valence-electron chi connectivity index (χ0n) is 14.3. The van der Waals surface area contributed by atoms with Gasteiger partial charge in [-0.15, -0.1) is 0 Å². The summed E-state index contributed by atoms with van der Waals surface area (Å²) in [5.74, 6) is 0.357. The number of carbonyl (C=O) groups is 2. The third-order valence-corrected chi connectivity index (χ3v) is 5.29. The van der Waals surface area contributed by atoms with Crippen LogP contribution in [-0.4, -0.2) is 35.8 Å². The first kappa shape index (κ1) is 16.0. The number of hydrogen-bond donors (Lipinski definition) is 0. The molecule has 0 bridgehead atoms. The van der Waals surface area contributed by atoms with E-state index in [0.29, 0.717) is 13.1 Å². The van der Waals surface area contributed by atoms with Crippen LogP contribution in [0.2, 0.25) is 0 Å². The Bertz CT molecular complexity index is 620. The smallest absolute Gasteiger partial charge is 0.249 e. The summed E-state index contributed by atoms with van der Waals surface area (Å²) >= 11 is 0. The molecular weight excluding hydrogens is 288 g/mol. The van der Waals surface area contributed by atoms with Crippen molar-refractivity contribution in [3.05, 3.63) is 29.3 Å². The summed E-state index contributed by atoms with van der Waals surface area (Å²) in [6.45, 7) is 7.18. The van der Waals surface area contributed by atoms with E-state index in [9.17, 15) is 9.59 Å². The second-order valence-electron chi connectivity index (χ2n) is 6.97. The van der Waals surface area contributed by atoms with Crippen molar-refractivity contribution in [2.75, 3.05) is 18.0 Å². The topological polar surface area (TPSA) is 40.6 Å². The van der Waals surface area contributed by atoms with E-state index in [0.717, 1.165) is 36.9 Å². The fourth-order valence-electron chi connectivity index (χ4n) is 3.93. The second-order valence-corrected chi connectivity index (χ2v) is 6.97. The highest BCUT2D eigenvalue weighted by Crippen LogP contribution is 2.30. The van der Waals surface area contributed by atoms with Crippen LogP contribution in [0, 0.1) is 19.8 Å². The van der Waals surface area contributed by atoms with E-state index < -0.39 is 0 Å². The Labute approximate surface area is 138 Å². The van der Waals surface area contributed by atoms with Crippen molar-refractivity contribution < 1.29 is 9.59 Å². The van der Waals surface area contributed by atoms with Crippen LogP contribution in [0.15, 0.2) is 18.2 Å². The van der Waals surface area contributed by atoms with Gasteiger partial charge in [-0.2, -0.15) is 0 Å². The Morgan fingerprint density at radius 2 is 1.83 bits per heavy atom. The number of anilines is 1. The molecule has 1 heterocycles. The summed E-state index contributed by atoms with van der Waals surface area (Å²) in [7, 11) is 0. The third kappa shape index (κ3) is 2.99. The van der Waals surface area contributed by atoms with Crippen molar-refractivity contribution in [2.45, 2.75) is 52.5 Å². The molecule has 2 fully saturated rings. The number of nitrogens with zero attached hydrogens (tertiary/aromatic N) is 2. The Morgan fingerprint density at radius 3 is 2.48 bits per heavy atom. The zero-order valence-corrected chi connectivity index (χ0v) is 14.3. The van der Waals surface area contributed by atoms with Crippen LogP contribution in [0.5, 0.6) is 0 Å². The van der Waals surface area contributed by atoms with Gasteiger partial charge in [0, 0.05) is 24.7 Å². The van der Waals surface area contributed by atoms with E-state index in [2.05, 4.69) is 13.0 Å². The van der Waals surface area contributed by atoms with E-state index in [1.54, 1.807) is 4.90 Å². The Balaban J connectivity index is 1.77. The highest BCUT2D eigenvalue weighted by Gasteiger charge is 2.38. The molecule has 1 atom stereocenters. The zero-order chi connectivity index (χ0) is 16.6. The van der Waals surface area contributed by atoms with Gasteiger partial charge in [0.2, 0.25) is 11.8 Å². The van der Waals surface area contributed by atoms with Crippen LogP contribution in [0.4, 0.5) is 5.69 Å². The minimum absolute atomic E-state index is 0.0366. The quantitative estimate of drug-likeness (QED) is 0.842. The molecule has 3 rings (SSSR count). The van der Waals surface area contributed by atoms with Crippen LogP contribution >= 0.6 is 0 Å². The predicted molar refractivity (Wildman–Crippen MR) is 91.4 cm³/mol. The molecular formula is C19H26N2O2. The third-order valence-electron chi connectivity index (χ3n) is 5.29. The van der Waals surface area contributed by atoms with E-state index in [-0.39, 0.29) is 23.8 Å². The number of amides is 2. The van der Waals surface area contributed by atoms with Gasteiger partial charge in [0.15, 0.2) is 0 Å². The van der Waals surface area contributed by atoms with Gasteiger partial charge in [0.25, 0.3) is 0 Å². The number of piperazine rings is 1. The first-order valence-electron chi connectivity index (χ1n) is 8.68. The molecule has 2 amide bonds.